The molecule has 0 amide bonds. The molecule has 4 heteroatoms. The van der Waals surface area contributed by atoms with E-state index in [0.717, 1.165) is 10.9 Å². The first-order valence-corrected chi connectivity index (χ1v) is 5.83. The molecule has 3 heterocycles. The molecule has 0 spiro atoms. The molecular weight excluding hydrogens is 218 g/mol. The lowest BCUT2D eigenvalue weighted by atomic mass is 10.1. The third-order valence-corrected chi connectivity index (χ3v) is 3.14. The highest BCUT2D eigenvalue weighted by Gasteiger charge is 2.05. The maximum atomic E-state index is 5.64. The van der Waals surface area contributed by atoms with Gasteiger partial charge in [0.2, 0.25) is 0 Å². The lowest BCUT2D eigenvalue weighted by Gasteiger charge is -2.03. The van der Waals surface area contributed by atoms with Crippen molar-refractivity contribution in [2.24, 2.45) is 0 Å². The summed E-state index contributed by atoms with van der Waals surface area (Å²) < 4.78 is 0. The van der Waals surface area contributed by atoms with E-state index in [0.29, 0.717) is 11.5 Å². The van der Waals surface area contributed by atoms with Crippen LogP contribution in [0.25, 0.3) is 22.2 Å². The Morgan fingerprint density at radius 3 is 2.88 bits per heavy atom. The lowest BCUT2D eigenvalue weighted by molar-refractivity contribution is 1.29. The molecule has 0 aromatic carbocycles. The van der Waals surface area contributed by atoms with Gasteiger partial charge < -0.3 is 5.73 Å². The van der Waals surface area contributed by atoms with Gasteiger partial charge in [-0.3, -0.25) is 0 Å². The van der Waals surface area contributed by atoms with E-state index in [1.165, 1.54) is 5.56 Å². The SMILES string of the molecule is Nc1ccc2c(-c3ccsc3)ccnc2n1. The highest BCUT2D eigenvalue weighted by Crippen LogP contribution is 2.28. The highest BCUT2D eigenvalue weighted by molar-refractivity contribution is 7.08. The zero-order valence-corrected chi connectivity index (χ0v) is 9.24. The van der Waals surface area contributed by atoms with Crippen molar-refractivity contribution in [2.75, 3.05) is 5.73 Å². The number of hydrogen-bond donors (Lipinski definition) is 1. The summed E-state index contributed by atoms with van der Waals surface area (Å²) in [5.74, 6) is 0.502. The van der Waals surface area contributed by atoms with Crippen LogP contribution in [-0.4, -0.2) is 9.97 Å². The molecule has 78 valence electrons. The van der Waals surface area contributed by atoms with Crippen LogP contribution in [0.1, 0.15) is 0 Å². The maximum absolute atomic E-state index is 5.64. The zero-order chi connectivity index (χ0) is 11.0. The normalized spacial score (nSPS) is 10.8. The van der Waals surface area contributed by atoms with Crippen LogP contribution in [0.15, 0.2) is 41.2 Å². The molecule has 2 N–H and O–H groups in total. The number of nitrogen functional groups attached to an aromatic ring is 1. The predicted molar refractivity (Wildman–Crippen MR) is 67.3 cm³/mol. The summed E-state index contributed by atoms with van der Waals surface area (Å²) in [6.07, 6.45) is 1.77. The van der Waals surface area contributed by atoms with Crippen molar-refractivity contribution in [3.05, 3.63) is 41.2 Å². The van der Waals surface area contributed by atoms with Gasteiger partial charge in [-0.2, -0.15) is 11.3 Å². The molecule has 0 aliphatic carbocycles. The third kappa shape index (κ3) is 1.44. The number of rotatable bonds is 1. The van der Waals surface area contributed by atoms with Gasteiger partial charge in [0.15, 0.2) is 5.65 Å². The van der Waals surface area contributed by atoms with Crippen molar-refractivity contribution in [3.63, 3.8) is 0 Å². The fourth-order valence-electron chi connectivity index (χ4n) is 1.71. The molecule has 0 bridgehead atoms. The third-order valence-electron chi connectivity index (χ3n) is 2.46. The average molecular weight is 227 g/mol. The van der Waals surface area contributed by atoms with Crippen molar-refractivity contribution in [3.8, 4) is 11.1 Å². The Morgan fingerprint density at radius 2 is 2.06 bits per heavy atom. The first kappa shape index (κ1) is 9.30. The predicted octanol–water partition coefficient (Wildman–Crippen LogP) is 2.94. The van der Waals surface area contributed by atoms with Crippen LogP contribution in [0.5, 0.6) is 0 Å². The Hall–Kier alpha value is -1.94. The molecule has 3 aromatic heterocycles. The molecule has 0 aliphatic heterocycles. The fraction of sp³-hybridized carbons (Fsp3) is 0. The Labute approximate surface area is 96.6 Å². The molecule has 3 rings (SSSR count). The van der Waals surface area contributed by atoms with Crippen LogP contribution in [0.2, 0.25) is 0 Å². The highest BCUT2D eigenvalue weighted by atomic mass is 32.1. The van der Waals surface area contributed by atoms with E-state index < -0.39 is 0 Å². The van der Waals surface area contributed by atoms with Crippen LogP contribution >= 0.6 is 11.3 Å². The van der Waals surface area contributed by atoms with Crippen LogP contribution in [0.4, 0.5) is 5.82 Å². The molecule has 0 atom stereocenters. The average Bonchev–Trinajstić information content (AvgIpc) is 2.81. The Kier molecular flexibility index (Phi) is 2.08. The Bertz CT molecular complexity index is 632. The molecule has 16 heavy (non-hydrogen) atoms. The number of hydrogen-bond acceptors (Lipinski definition) is 4. The summed E-state index contributed by atoms with van der Waals surface area (Å²) in [4.78, 5) is 8.44. The van der Waals surface area contributed by atoms with Gasteiger partial charge in [-0.15, -0.1) is 0 Å². The fourth-order valence-corrected chi connectivity index (χ4v) is 2.37. The molecule has 0 saturated carbocycles. The second-order valence-corrected chi connectivity index (χ2v) is 4.26. The van der Waals surface area contributed by atoms with Crippen molar-refractivity contribution in [1.82, 2.24) is 9.97 Å². The van der Waals surface area contributed by atoms with Gasteiger partial charge >= 0.3 is 0 Å². The van der Waals surface area contributed by atoms with E-state index in [-0.39, 0.29) is 0 Å². The van der Waals surface area contributed by atoms with Gasteiger partial charge in [0.1, 0.15) is 5.82 Å². The van der Waals surface area contributed by atoms with Crippen LogP contribution in [0.3, 0.4) is 0 Å². The quantitative estimate of drug-likeness (QED) is 0.695. The summed E-state index contributed by atoms with van der Waals surface area (Å²) in [7, 11) is 0. The summed E-state index contributed by atoms with van der Waals surface area (Å²) in [6, 6.07) is 7.87. The number of nitrogens with zero attached hydrogens (tertiary/aromatic N) is 2. The van der Waals surface area contributed by atoms with Crippen LogP contribution in [0, 0.1) is 0 Å². The molecule has 0 fully saturated rings. The Balaban J connectivity index is 2.34. The number of anilines is 1. The van der Waals surface area contributed by atoms with Crippen molar-refractivity contribution < 1.29 is 0 Å². The summed E-state index contributed by atoms with van der Waals surface area (Å²) >= 11 is 1.68. The molecule has 3 aromatic rings. The van der Waals surface area contributed by atoms with Crippen molar-refractivity contribution in [2.45, 2.75) is 0 Å². The number of thiophene rings is 1. The standard InChI is InChI=1S/C12H9N3S/c13-11-2-1-10-9(8-4-6-16-7-8)3-5-14-12(10)15-11/h1-7H,(H2,13,14,15). The first-order valence-electron chi connectivity index (χ1n) is 4.88. The van der Waals surface area contributed by atoms with Gasteiger partial charge in [0.05, 0.1) is 0 Å². The molecule has 3 nitrogen and oxygen atoms in total. The molecule has 0 unspecified atom stereocenters. The van der Waals surface area contributed by atoms with Gasteiger partial charge in [0.25, 0.3) is 0 Å². The number of fused-ring (bicyclic) bond motifs is 1. The molecular formula is C12H9N3S. The number of aromatic nitrogens is 2. The van der Waals surface area contributed by atoms with E-state index in [9.17, 15) is 0 Å². The Morgan fingerprint density at radius 1 is 1.12 bits per heavy atom. The second kappa shape index (κ2) is 3.57. The van der Waals surface area contributed by atoms with Gasteiger partial charge in [-0.25, -0.2) is 9.97 Å². The van der Waals surface area contributed by atoms with E-state index in [1.54, 1.807) is 23.6 Å². The minimum absolute atomic E-state index is 0.502. The van der Waals surface area contributed by atoms with E-state index >= 15 is 0 Å². The van der Waals surface area contributed by atoms with Gasteiger partial charge in [0, 0.05) is 11.6 Å². The summed E-state index contributed by atoms with van der Waals surface area (Å²) in [6.45, 7) is 0. The summed E-state index contributed by atoms with van der Waals surface area (Å²) in [5, 5.41) is 5.22. The van der Waals surface area contributed by atoms with Crippen molar-refractivity contribution >= 4 is 28.2 Å². The van der Waals surface area contributed by atoms with E-state index in [4.69, 9.17) is 5.73 Å². The van der Waals surface area contributed by atoms with Crippen LogP contribution in [-0.2, 0) is 0 Å². The van der Waals surface area contributed by atoms with Crippen molar-refractivity contribution in [1.29, 1.82) is 0 Å². The summed E-state index contributed by atoms with van der Waals surface area (Å²) in [5.41, 5.74) is 8.69. The van der Waals surface area contributed by atoms with E-state index in [2.05, 4.69) is 26.8 Å². The number of nitrogens with two attached hydrogens (primary N) is 1. The lowest BCUT2D eigenvalue weighted by Crippen LogP contribution is -1.92. The largest absolute Gasteiger partial charge is 0.384 e. The minimum Gasteiger partial charge on any atom is -0.384 e. The van der Waals surface area contributed by atoms with E-state index in [1.807, 2.05) is 12.1 Å². The number of pyridine rings is 2. The molecule has 0 radical (unpaired) electrons. The monoisotopic (exact) mass is 227 g/mol. The molecule has 0 saturated heterocycles. The minimum atomic E-state index is 0.502. The topological polar surface area (TPSA) is 51.8 Å². The zero-order valence-electron chi connectivity index (χ0n) is 8.42. The van der Waals surface area contributed by atoms with Gasteiger partial charge in [-0.05, 0) is 46.2 Å². The second-order valence-electron chi connectivity index (χ2n) is 3.48. The molecule has 0 aliphatic rings. The van der Waals surface area contributed by atoms with Crippen LogP contribution < -0.4 is 5.73 Å². The maximum Gasteiger partial charge on any atom is 0.162 e. The smallest absolute Gasteiger partial charge is 0.162 e. The van der Waals surface area contributed by atoms with Gasteiger partial charge in [-0.1, -0.05) is 0 Å². The first-order chi connectivity index (χ1) is 7.84.